The first-order chi connectivity index (χ1) is 8.98. The Morgan fingerprint density at radius 3 is 2.47 bits per heavy atom. The van der Waals surface area contributed by atoms with Crippen molar-refractivity contribution in [1.29, 1.82) is 0 Å². The lowest BCUT2D eigenvalue weighted by Gasteiger charge is -2.22. The second-order valence-corrected chi connectivity index (χ2v) is 7.73. The highest BCUT2D eigenvalue weighted by atomic mass is 35.5. The zero-order chi connectivity index (χ0) is 13.6. The molecule has 2 fully saturated rings. The Balaban J connectivity index is 1.92. The third-order valence-corrected chi connectivity index (χ3v) is 5.91. The molecule has 1 aromatic carbocycles. The molecular formula is C13H17ClN2O2S. The van der Waals surface area contributed by atoms with Gasteiger partial charge in [0.25, 0.3) is 0 Å². The number of sulfonamides is 1. The SMILES string of the molecule is Nc1ccc(S(=O)(=O)N(CC2CC2)C2CC2)cc1Cl. The van der Waals surface area contributed by atoms with Gasteiger partial charge < -0.3 is 5.73 Å². The van der Waals surface area contributed by atoms with E-state index in [1.165, 1.54) is 6.07 Å². The largest absolute Gasteiger partial charge is 0.398 e. The highest BCUT2D eigenvalue weighted by molar-refractivity contribution is 7.89. The third-order valence-electron chi connectivity index (χ3n) is 3.67. The van der Waals surface area contributed by atoms with Crippen molar-refractivity contribution in [3.05, 3.63) is 23.2 Å². The zero-order valence-corrected chi connectivity index (χ0v) is 12.1. The normalized spacial score (nSPS) is 19.9. The number of nitrogens with two attached hydrogens (primary N) is 1. The van der Waals surface area contributed by atoms with E-state index in [1.54, 1.807) is 16.4 Å². The van der Waals surface area contributed by atoms with Crippen molar-refractivity contribution < 1.29 is 8.42 Å². The number of hydrogen-bond acceptors (Lipinski definition) is 3. The summed E-state index contributed by atoms with van der Waals surface area (Å²) in [4.78, 5) is 0.249. The van der Waals surface area contributed by atoms with Crippen LogP contribution in [0.5, 0.6) is 0 Å². The van der Waals surface area contributed by atoms with Gasteiger partial charge in [0.2, 0.25) is 10.0 Å². The van der Waals surface area contributed by atoms with Gasteiger partial charge in [0.05, 0.1) is 15.6 Å². The molecule has 0 amide bonds. The zero-order valence-electron chi connectivity index (χ0n) is 10.5. The van der Waals surface area contributed by atoms with E-state index < -0.39 is 10.0 Å². The molecule has 104 valence electrons. The molecule has 2 N–H and O–H groups in total. The van der Waals surface area contributed by atoms with Crippen LogP contribution in [0.1, 0.15) is 25.7 Å². The first-order valence-electron chi connectivity index (χ1n) is 6.55. The average Bonchev–Trinajstić information content (AvgIpc) is 3.23. The lowest BCUT2D eigenvalue weighted by molar-refractivity contribution is 0.389. The number of hydrogen-bond donors (Lipinski definition) is 1. The molecule has 2 saturated carbocycles. The maximum atomic E-state index is 12.7. The molecular weight excluding hydrogens is 284 g/mol. The Hall–Kier alpha value is -0.780. The lowest BCUT2D eigenvalue weighted by atomic mass is 10.3. The second kappa shape index (κ2) is 4.65. The molecule has 0 bridgehead atoms. The molecule has 0 heterocycles. The summed E-state index contributed by atoms with van der Waals surface area (Å²) in [7, 11) is -3.44. The number of anilines is 1. The Kier molecular flexibility index (Phi) is 3.23. The summed E-state index contributed by atoms with van der Waals surface area (Å²) in [5.74, 6) is 0.541. The summed E-state index contributed by atoms with van der Waals surface area (Å²) >= 11 is 5.93. The first kappa shape index (κ1) is 13.2. The summed E-state index contributed by atoms with van der Waals surface area (Å²) in [5, 5.41) is 0.295. The number of halogens is 1. The van der Waals surface area contributed by atoms with Gasteiger partial charge in [0, 0.05) is 12.6 Å². The highest BCUT2D eigenvalue weighted by Gasteiger charge is 2.41. The van der Waals surface area contributed by atoms with Gasteiger partial charge in [-0.05, 0) is 49.8 Å². The van der Waals surface area contributed by atoms with Crippen LogP contribution in [0.2, 0.25) is 5.02 Å². The van der Waals surface area contributed by atoms with E-state index >= 15 is 0 Å². The van der Waals surface area contributed by atoms with Crippen LogP contribution in [-0.4, -0.2) is 25.3 Å². The maximum absolute atomic E-state index is 12.7. The van der Waals surface area contributed by atoms with Crippen molar-refractivity contribution in [2.24, 2.45) is 5.92 Å². The standard InChI is InChI=1S/C13H17ClN2O2S/c14-12-7-11(5-6-13(12)15)19(17,18)16(10-3-4-10)8-9-1-2-9/h5-7,9-10H,1-4,8,15H2. The fraction of sp³-hybridized carbons (Fsp3) is 0.538. The molecule has 0 saturated heterocycles. The number of benzene rings is 1. The van der Waals surface area contributed by atoms with E-state index in [1.807, 2.05) is 0 Å². The lowest BCUT2D eigenvalue weighted by Crippen LogP contribution is -2.34. The predicted molar refractivity (Wildman–Crippen MR) is 75.5 cm³/mol. The molecule has 0 spiro atoms. The van der Waals surface area contributed by atoms with E-state index in [0.717, 1.165) is 25.7 Å². The Labute approximate surface area is 118 Å². The van der Waals surface area contributed by atoms with Gasteiger partial charge >= 0.3 is 0 Å². The number of nitrogens with zero attached hydrogens (tertiary/aromatic N) is 1. The van der Waals surface area contributed by atoms with Crippen LogP contribution in [0.25, 0.3) is 0 Å². The first-order valence-corrected chi connectivity index (χ1v) is 8.37. The van der Waals surface area contributed by atoms with Gasteiger partial charge in [-0.15, -0.1) is 0 Å². The third kappa shape index (κ3) is 2.73. The van der Waals surface area contributed by atoms with Crippen molar-refractivity contribution in [3.63, 3.8) is 0 Å². The second-order valence-electron chi connectivity index (χ2n) is 5.43. The molecule has 0 atom stereocenters. The minimum atomic E-state index is -3.44. The fourth-order valence-corrected chi connectivity index (χ4v) is 4.20. The van der Waals surface area contributed by atoms with Gasteiger partial charge in [0.15, 0.2) is 0 Å². The van der Waals surface area contributed by atoms with Crippen LogP contribution in [0, 0.1) is 5.92 Å². The fourth-order valence-electron chi connectivity index (χ4n) is 2.16. The van der Waals surface area contributed by atoms with Crippen LogP contribution in [0.4, 0.5) is 5.69 Å². The number of nitrogen functional groups attached to an aromatic ring is 1. The molecule has 19 heavy (non-hydrogen) atoms. The maximum Gasteiger partial charge on any atom is 0.243 e. The Bertz CT molecular complexity index is 595. The minimum absolute atomic E-state index is 0.182. The smallest absolute Gasteiger partial charge is 0.243 e. The van der Waals surface area contributed by atoms with Gasteiger partial charge in [-0.2, -0.15) is 4.31 Å². The van der Waals surface area contributed by atoms with Crippen molar-refractivity contribution in [3.8, 4) is 0 Å². The highest BCUT2D eigenvalue weighted by Crippen LogP contribution is 2.38. The molecule has 0 radical (unpaired) electrons. The van der Waals surface area contributed by atoms with Gasteiger partial charge in [0.1, 0.15) is 0 Å². The summed E-state index contributed by atoms with van der Waals surface area (Å²) < 4.78 is 27.0. The summed E-state index contributed by atoms with van der Waals surface area (Å²) in [6, 6.07) is 4.73. The molecule has 3 rings (SSSR count). The Morgan fingerprint density at radius 2 is 1.95 bits per heavy atom. The van der Waals surface area contributed by atoms with Crippen molar-refractivity contribution in [1.82, 2.24) is 4.31 Å². The van der Waals surface area contributed by atoms with Crippen LogP contribution >= 0.6 is 11.6 Å². The topological polar surface area (TPSA) is 63.4 Å². The molecule has 6 heteroatoms. The van der Waals surface area contributed by atoms with E-state index in [9.17, 15) is 8.42 Å². The summed E-state index contributed by atoms with van der Waals surface area (Å²) in [6.07, 6.45) is 4.21. The molecule has 0 unspecified atom stereocenters. The van der Waals surface area contributed by atoms with Crippen molar-refractivity contribution in [2.45, 2.75) is 36.6 Å². The summed E-state index contributed by atoms with van der Waals surface area (Å²) in [6.45, 7) is 0.648. The Morgan fingerprint density at radius 1 is 1.26 bits per heavy atom. The van der Waals surface area contributed by atoms with E-state index in [-0.39, 0.29) is 10.9 Å². The van der Waals surface area contributed by atoms with E-state index in [2.05, 4.69) is 0 Å². The van der Waals surface area contributed by atoms with Crippen LogP contribution in [-0.2, 0) is 10.0 Å². The van der Waals surface area contributed by atoms with Gasteiger partial charge in [-0.25, -0.2) is 8.42 Å². The monoisotopic (exact) mass is 300 g/mol. The molecule has 2 aliphatic rings. The molecule has 4 nitrogen and oxygen atoms in total. The minimum Gasteiger partial charge on any atom is -0.398 e. The van der Waals surface area contributed by atoms with E-state index in [0.29, 0.717) is 23.2 Å². The van der Waals surface area contributed by atoms with Crippen LogP contribution in [0.15, 0.2) is 23.1 Å². The van der Waals surface area contributed by atoms with Crippen molar-refractivity contribution >= 4 is 27.3 Å². The molecule has 0 aromatic heterocycles. The molecule has 2 aliphatic carbocycles. The van der Waals surface area contributed by atoms with Crippen molar-refractivity contribution in [2.75, 3.05) is 12.3 Å². The van der Waals surface area contributed by atoms with Gasteiger partial charge in [-0.3, -0.25) is 0 Å². The molecule has 1 aromatic rings. The predicted octanol–water partition coefficient (Wildman–Crippen LogP) is 2.49. The van der Waals surface area contributed by atoms with E-state index in [4.69, 9.17) is 17.3 Å². The quantitative estimate of drug-likeness (QED) is 0.850. The summed E-state index contributed by atoms with van der Waals surface area (Å²) in [5.41, 5.74) is 6.03. The van der Waals surface area contributed by atoms with Gasteiger partial charge in [-0.1, -0.05) is 11.6 Å². The average molecular weight is 301 g/mol. The van der Waals surface area contributed by atoms with Crippen LogP contribution < -0.4 is 5.73 Å². The number of rotatable bonds is 5. The molecule has 0 aliphatic heterocycles. The van der Waals surface area contributed by atoms with Crippen LogP contribution in [0.3, 0.4) is 0 Å².